The third-order valence-corrected chi connectivity index (χ3v) is 6.01. The lowest BCUT2D eigenvalue weighted by atomic mass is 10.2. The van der Waals surface area contributed by atoms with E-state index in [1.54, 1.807) is 27.7 Å². The van der Waals surface area contributed by atoms with Crippen LogP contribution < -0.4 is 16.6 Å². The maximum atomic E-state index is 13.5. The smallest absolute Gasteiger partial charge is 0.331 e. The van der Waals surface area contributed by atoms with Crippen molar-refractivity contribution in [3.8, 4) is 5.69 Å². The minimum absolute atomic E-state index is 0.199. The van der Waals surface area contributed by atoms with E-state index in [4.69, 9.17) is 0 Å². The van der Waals surface area contributed by atoms with Crippen molar-refractivity contribution in [2.24, 2.45) is 13.0 Å². The van der Waals surface area contributed by atoms with Gasteiger partial charge in [-0.15, -0.1) is 0 Å². The van der Waals surface area contributed by atoms with Crippen molar-refractivity contribution in [1.82, 2.24) is 28.5 Å². The summed E-state index contributed by atoms with van der Waals surface area (Å²) in [5, 5.41) is 7.84. The van der Waals surface area contributed by atoms with Crippen LogP contribution in [0.2, 0.25) is 0 Å². The predicted molar refractivity (Wildman–Crippen MR) is 136 cm³/mol. The first-order chi connectivity index (χ1) is 17.3. The summed E-state index contributed by atoms with van der Waals surface area (Å²) in [5.74, 6) is 0.384. The second-order valence-corrected chi connectivity index (χ2v) is 9.16. The molecule has 0 bridgehead atoms. The van der Waals surface area contributed by atoms with Crippen LogP contribution >= 0.6 is 0 Å². The Kier molecular flexibility index (Phi) is 6.01. The zero-order chi connectivity index (χ0) is 25.4. The molecule has 0 aliphatic heterocycles. The SMILES string of the molecule is CC(C)Cn1c(=O)n(C)c(=O)c2c(Nc3ccc(F)cc3)n(Cc3ccc(-n4cncn4)cc3)cc21. The van der Waals surface area contributed by atoms with E-state index in [0.29, 0.717) is 35.5 Å². The van der Waals surface area contributed by atoms with Gasteiger partial charge in [-0.1, -0.05) is 26.0 Å². The van der Waals surface area contributed by atoms with Gasteiger partial charge in [-0.3, -0.25) is 13.9 Å². The fourth-order valence-corrected chi connectivity index (χ4v) is 4.26. The molecule has 0 aliphatic rings. The van der Waals surface area contributed by atoms with Gasteiger partial charge in [-0.2, -0.15) is 5.10 Å². The number of hydrogen-bond donors (Lipinski definition) is 1. The normalized spacial score (nSPS) is 11.5. The third-order valence-electron chi connectivity index (χ3n) is 6.01. The van der Waals surface area contributed by atoms with Crippen molar-refractivity contribution in [3.05, 3.63) is 99.6 Å². The predicted octanol–water partition coefficient (Wildman–Crippen LogP) is 3.67. The molecular weight excluding hydrogens is 461 g/mol. The molecule has 0 saturated heterocycles. The molecule has 36 heavy (non-hydrogen) atoms. The van der Waals surface area contributed by atoms with Gasteiger partial charge in [-0.25, -0.2) is 18.9 Å². The Labute approximate surface area is 206 Å². The monoisotopic (exact) mass is 487 g/mol. The Morgan fingerprint density at radius 2 is 1.75 bits per heavy atom. The summed E-state index contributed by atoms with van der Waals surface area (Å²) in [4.78, 5) is 30.3. The molecule has 1 N–H and O–H groups in total. The lowest BCUT2D eigenvalue weighted by Crippen LogP contribution is -2.38. The minimum Gasteiger partial charge on any atom is -0.341 e. The van der Waals surface area contributed by atoms with E-state index in [1.807, 2.05) is 48.9 Å². The highest BCUT2D eigenvalue weighted by atomic mass is 19.1. The molecule has 0 atom stereocenters. The lowest BCUT2D eigenvalue weighted by Gasteiger charge is -2.13. The summed E-state index contributed by atoms with van der Waals surface area (Å²) >= 11 is 0. The molecular formula is C26H26FN7O2. The Morgan fingerprint density at radius 3 is 2.39 bits per heavy atom. The number of nitrogens with zero attached hydrogens (tertiary/aromatic N) is 6. The first-order valence-corrected chi connectivity index (χ1v) is 11.6. The van der Waals surface area contributed by atoms with Gasteiger partial charge >= 0.3 is 5.69 Å². The van der Waals surface area contributed by atoms with Crippen LogP contribution in [0.4, 0.5) is 15.9 Å². The minimum atomic E-state index is -0.389. The summed E-state index contributed by atoms with van der Waals surface area (Å²) in [6.45, 7) is 4.95. The van der Waals surface area contributed by atoms with Crippen molar-refractivity contribution in [1.29, 1.82) is 0 Å². The molecule has 9 nitrogen and oxygen atoms in total. The first kappa shape index (κ1) is 23.3. The average Bonchev–Trinajstić information content (AvgIpc) is 3.51. The second kappa shape index (κ2) is 9.29. The van der Waals surface area contributed by atoms with Crippen molar-refractivity contribution < 1.29 is 4.39 Å². The Balaban J connectivity index is 1.65. The highest BCUT2D eigenvalue weighted by molar-refractivity contribution is 5.92. The van der Waals surface area contributed by atoms with Gasteiger partial charge in [0.25, 0.3) is 5.56 Å². The lowest BCUT2D eigenvalue weighted by molar-refractivity contribution is 0.502. The molecule has 0 aliphatic carbocycles. The van der Waals surface area contributed by atoms with Crippen LogP contribution in [0.5, 0.6) is 0 Å². The number of aromatic nitrogens is 6. The van der Waals surface area contributed by atoms with E-state index in [2.05, 4.69) is 15.4 Å². The van der Waals surface area contributed by atoms with Crippen molar-refractivity contribution in [3.63, 3.8) is 0 Å². The highest BCUT2D eigenvalue weighted by Crippen LogP contribution is 2.27. The van der Waals surface area contributed by atoms with Crippen LogP contribution in [0, 0.1) is 11.7 Å². The Hall–Kier alpha value is -4.47. The average molecular weight is 488 g/mol. The van der Waals surface area contributed by atoms with E-state index >= 15 is 0 Å². The molecule has 0 fully saturated rings. The summed E-state index contributed by atoms with van der Waals surface area (Å²) in [6, 6.07) is 13.8. The molecule has 2 aromatic carbocycles. The molecule has 0 spiro atoms. The van der Waals surface area contributed by atoms with E-state index < -0.39 is 0 Å². The van der Waals surface area contributed by atoms with E-state index in [9.17, 15) is 14.0 Å². The standard InChI is InChI=1S/C26H26FN7O2/c1-17(2)12-33-22-14-32(13-18-4-10-21(11-5-18)34-16-28-15-29-34)24(23(22)25(35)31(3)26(33)36)30-20-8-6-19(27)7-9-20/h4-11,14-17,30H,12-13H2,1-3H3. The maximum Gasteiger partial charge on any atom is 0.331 e. The number of fused-ring (bicyclic) bond motifs is 1. The van der Waals surface area contributed by atoms with Gasteiger partial charge in [0.15, 0.2) is 0 Å². The Morgan fingerprint density at radius 1 is 1.03 bits per heavy atom. The van der Waals surface area contributed by atoms with Gasteiger partial charge in [0.2, 0.25) is 0 Å². The fourth-order valence-electron chi connectivity index (χ4n) is 4.26. The van der Waals surface area contributed by atoms with Gasteiger partial charge < -0.3 is 9.88 Å². The van der Waals surface area contributed by atoms with Crippen molar-refractivity contribution in [2.75, 3.05) is 5.32 Å². The maximum absolute atomic E-state index is 13.5. The van der Waals surface area contributed by atoms with Crippen LogP contribution in [0.1, 0.15) is 19.4 Å². The van der Waals surface area contributed by atoms with E-state index in [-0.39, 0.29) is 23.0 Å². The van der Waals surface area contributed by atoms with Crippen LogP contribution in [-0.2, 0) is 20.1 Å². The summed E-state index contributed by atoms with van der Waals surface area (Å²) < 4.78 is 19.9. The number of halogens is 1. The van der Waals surface area contributed by atoms with Gasteiger partial charge in [0, 0.05) is 32.0 Å². The van der Waals surface area contributed by atoms with Crippen LogP contribution in [0.3, 0.4) is 0 Å². The molecule has 0 saturated carbocycles. The summed E-state index contributed by atoms with van der Waals surface area (Å²) in [6.07, 6.45) is 4.93. The number of rotatable bonds is 7. The zero-order valence-electron chi connectivity index (χ0n) is 20.2. The first-order valence-electron chi connectivity index (χ1n) is 11.6. The van der Waals surface area contributed by atoms with Gasteiger partial charge in [0.1, 0.15) is 29.7 Å². The summed E-state index contributed by atoms with van der Waals surface area (Å²) in [7, 11) is 1.49. The number of benzene rings is 2. The van der Waals surface area contributed by atoms with Gasteiger partial charge in [-0.05, 0) is 47.9 Å². The molecule has 184 valence electrons. The molecule has 5 aromatic rings. The largest absolute Gasteiger partial charge is 0.341 e. The second-order valence-electron chi connectivity index (χ2n) is 9.16. The molecule has 3 heterocycles. The third kappa shape index (κ3) is 4.33. The quantitative estimate of drug-likeness (QED) is 0.378. The van der Waals surface area contributed by atoms with Gasteiger partial charge in [0.05, 0.1) is 11.2 Å². The molecule has 3 aromatic heterocycles. The van der Waals surface area contributed by atoms with Crippen LogP contribution in [0.25, 0.3) is 16.6 Å². The number of hydrogen-bond acceptors (Lipinski definition) is 5. The Bertz CT molecular complexity index is 1630. The molecule has 5 rings (SSSR count). The molecule has 0 radical (unpaired) electrons. The zero-order valence-corrected chi connectivity index (χ0v) is 20.2. The van der Waals surface area contributed by atoms with Crippen LogP contribution in [0.15, 0.2) is 77.0 Å². The topological polar surface area (TPSA) is 91.7 Å². The van der Waals surface area contributed by atoms with Crippen molar-refractivity contribution in [2.45, 2.75) is 26.9 Å². The molecule has 10 heteroatoms. The molecule has 0 unspecified atom stereocenters. The van der Waals surface area contributed by atoms with E-state index in [0.717, 1.165) is 15.8 Å². The highest BCUT2D eigenvalue weighted by Gasteiger charge is 2.20. The van der Waals surface area contributed by atoms with E-state index in [1.165, 1.54) is 25.5 Å². The van der Waals surface area contributed by atoms with Crippen molar-refractivity contribution >= 4 is 22.4 Å². The fraction of sp³-hybridized carbons (Fsp3) is 0.231. The number of nitrogens with one attached hydrogen (secondary N) is 1. The number of anilines is 2. The van der Waals surface area contributed by atoms with Crippen LogP contribution in [-0.4, -0.2) is 28.5 Å². The molecule has 0 amide bonds. The summed E-state index contributed by atoms with van der Waals surface area (Å²) in [5.41, 5.74) is 2.29.